The van der Waals surface area contributed by atoms with Crippen LogP contribution in [0.4, 0.5) is 5.69 Å². The van der Waals surface area contributed by atoms with Crippen LogP contribution in [0.5, 0.6) is 11.5 Å². The number of rotatable bonds is 6. The first-order valence-electron chi connectivity index (χ1n) is 8.70. The molecule has 0 unspecified atom stereocenters. The summed E-state index contributed by atoms with van der Waals surface area (Å²) >= 11 is 6.09. The van der Waals surface area contributed by atoms with Gasteiger partial charge >= 0.3 is 0 Å². The van der Waals surface area contributed by atoms with Gasteiger partial charge in [-0.15, -0.1) is 0 Å². The third kappa shape index (κ3) is 4.09. The Morgan fingerprint density at radius 2 is 1.68 bits per heavy atom. The summed E-state index contributed by atoms with van der Waals surface area (Å²) in [6.45, 7) is 0.973. The average molecular weight is 425 g/mol. The molecule has 28 heavy (non-hydrogen) atoms. The van der Waals surface area contributed by atoms with Crippen LogP contribution in [0.25, 0.3) is 0 Å². The Bertz CT molecular complexity index is 988. The van der Waals surface area contributed by atoms with Crippen LogP contribution in [-0.4, -0.2) is 45.9 Å². The minimum atomic E-state index is -3.65. The molecule has 7 nitrogen and oxygen atoms in total. The van der Waals surface area contributed by atoms with E-state index in [0.29, 0.717) is 29.5 Å². The van der Waals surface area contributed by atoms with Gasteiger partial charge in [0.25, 0.3) is 5.91 Å². The predicted molar refractivity (Wildman–Crippen MR) is 107 cm³/mol. The van der Waals surface area contributed by atoms with E-state index in [0.717, 1.165) is 12.8 Å². The van der Waals surface area contributed by atoms with E-state index in [9.17, 15) is 13.2 Å². The second kappa shape index (κ2) is 8.38. The average Bonchev–Trinajstić information content (AvgIpc) is 3.23. The number of amides is 1. The van der Waals surface area contributed by atoms with Gasteiger partial charge in [0, 0.05) is 18.8 Å². The molecular weight excluding hydrogens is 404 g/mol. The molecule has 0 atom stereocenters. The summed E-state index contributed by atoms with van der Waals surface area (Å²) in [7, 11) is -0.730. The van der Waals surface area contributed by atoms with Gasteiger partial charge in [-0.25, -0.2) is 8.42 Å². The molecule has 1 N–H and O–H groups in total. The molecule has 0 bridgehead atoms. The largest absolute Gasteiger partial charge is 0.496 e. The van der Waals surface area contributed by atoms with E-state index >= 15 is 0 Å². The second-order valence-electron chi connectivity index (χ2n) is 6.28. The third-order valence-electron chi connectivity index (χ3n) is 4.53. The first-order valence-corrected chi connectivity index (χ1v) is 10.5. The SMILES string of the molecule is COc1ccc(NC(=O)c2cc(S(=O)(=O)N3CCCC3)ccc2OC)cc1Cl. The number of carbonyl (C=O) groups excluding carboxylic acids is 1. The minimum Gasteiger partial charge on any atom is -0.496 e. The molecule has 1 aliphatic heterocycles. The lowest BCUT2D eigenvalue weighted by atomic mass is 10.2. The van der Waals surface area contributed by atoms with Gasteiger partial charge in [0.05, 0.1) is 29.7 Å². The zero-order chi connectivity index (χ0) is 20.3. The molecule has 0 spiro atoms. The highest BCUT2D eigenvalue weighted by molar-refractivity contribution is 7.89. The number of benzene rings is 2. The van der Waals surface area contributed by atoms with Gasteiger partial charge in [-0.05, 0) is 49.2 Å². The van der Waals surface area contributed by atoms with Crippen molar-refractivity contribution < 1.29 is 22.7 Å². The first kappa shape index (κ1) is 20.4. The van der Waals surface area contributed by atoms with Crippen molar-refractivity contribution in [3.63, 3.8) is 0 Å². The standard InChI is InChI=1S/C19H21ClN2O5S/c1-26-17-8-6-14(28(24,25)22-9-3-4-10-22)12-15(17)19(23)21-13-5-7-18(27-2)16(20)11-13/h5-8,11-12H,3-4,9-10H2,1-2H3,(H,21,23). The third-order valence-corrected chi connectivity index (χ3v) is 6.72. The van der Waals surface area contributed by atoms with Crippen molar-refractivity contribution in [1.82, 2.24) is 4.31 Å². The van der Waals surface area contributed by atoms with Gasteiger partial charge in [-0.1, -0.05) is 11.6 Å². The molecule has 0 saturated carbocycles. The topological polar surface area (TPSA) is 84.9 Å². The molecule has 1 saturated heterocycles. The van der Waals surface area contributed by atoms with Crippen molar-refractivity contribution in [2.75, 3.05) is 32.6 Å². The fourth-order valence-corrected chi connectivity index (χ4v) is 4.85. The van der Waals surface area contributed by atoms with Crippen LogP contribution >= 0.6 is 11.6 Å². The molecule has 1 aliphatic rings. The number of anilines is 1. The van der Waals surface area contributed by atoms with Crippen LogP contribution in [0, 0.1) is 0 Å². The smallest absolute Gasteiger partial charge is 0.259 e. The summed E-state index contributed by atoms with van der Waals surface area (Å²) in [4.78, 5) is 12.8. The normalized spacial score (nSPS) is 14.7. The van der Waals surface area contributed by atoms with Crippen LogP contribution in [-0.2, 0) is 10.0 Å². The number of nitrogens with one attached hydrogen (secondary N) is 1. The summed E-state index contributed by atoms with van der Waals surface area (Å²) in [5.41, 5.74) is 0.570. The lowest BCUT2D eigenvalue weighted by Gasteiger charge is -2.17. The highest BCUT2D eigenvalue weighted by atomic mass is 35.5. The number of sulfonamides is 1. The molecular formula is C19H21ClN2O5S. The van der Waals surface area contributed by atoms with E-state index in [1.54, 1.807) is 18.2 Å². The van der Waals surface area contributed by atoms with E-state index in [1.807, 2.05) is 0 Å². The summed E-state index contributed by atoms with van der Waals surface area (Å²) in [5.74, 6) is 0.255. The number of hydrogen-bond donors (Lipinski definition) is 1. The highest BCUT2D eigenvalue weighted by Crippen LogP contribution is 2.29. The molecule has 1 amide bonds. The van der Waals surface area contributed by atoms with Crippen molar-refractivity contribution >= 4 is 33.2 Å². The number of hydrogen-bond acceptors (Lipinski definition) is 5. The van der Waals surface area contributed by atoms with Gasteiger partial charge in [-0.3, -0.25) is 4.79 Å². The number of halogens is 1. The van der Waals surface area contributed by atoms with Crippen molar-refractivity contribution in [1.29, 1.82) is 0 Å². The molecule has 2 aromatic carbocycles. The lowest BCUT2D eigenvalue weighted by molar-refractivity contribution is 0.102. The summed E-state index contributed by atoms with van der Waals surface area (Å²) in [6.07, 6.45) is 1.67. The maximum atomic E-state index is 12.8. The molecule has 1 fully saturated rings. The maximum absolute atomic E-state index is 12.8. The van der Waals surface area contributed by atoms with Gasteiger partial charge < -0.3 is 14.8 Å². The van der Waals surface area contributed by atoms with Crippen molar-refractivity contribution in [2.24, 2.45) is 0 Å². The van der Waals surface area contributed by atoms with Gasteiger partial charge in [0.15, 0.2) is 0 Å². The van der Waals surface area contributed by atoms with E-state index in [2.05, 4.69) is 5.32 Å². The second-order valence-corrected chi connectivity index (χ2v) is 8.62. The van der Waals surface area contributed by atoms with Crippen molar-refractivity contribution in [3.05, 3.63) is 47.0 Å². The van der Waals surface area contributed by atoms with Gasteiger partial charge in [0.2, 0.25) is 10.0 Å². The number of methoxy groups -OCH3 is 2. The number of nitrogens with zero attached hydrogens (tertiary/aromatic N) is 1. The molecule has 9 heteroatoms. The number of ether oxygens (including phenoxy) is 2. The predicted octanol–water partition coefficient (Wildman–Crippen LogP) is 3.39. The Balaban J connectivity index is 1.91. The molecule has 0 radical (unpaired) electrons. The van der Waals surface area contributed by atoms with Crippen LogP contribution in [0.1, 0.15) is 23.2 Å². The van der Waals surface area contributed by atoms with E-state index in [-0.39, 0.29) is 16.2 Å². The monoisotopic (exact) mass is 424 g/mol. The Morgan fingerprint density at radius 1 is 1.04 bits per heavy atom. The fourth-order valence-electron chi connectivity index (χ4n) is 3.05. The van der Waals surface area contributed by atoms with Crippen LogP contribution in [0.15, 0.2) is 41.3 Å². The Kier molecular flexibility index (Phi) is 6.12. The Hall–Kier alpha value is -2.29. The summed E-state index contributed by atoms with van der Waals surface area (Å²) < 4.78 is 37.4. The van der Waals surface area contributed by atoms with Gasteiger partial charge in [0.1, 0.15) is 11.5 Å². The quantitative estimate of drug-likeness (QED) is 0.768. The Morgan fingerprint density at radius 3 is 2.29 bits per heavy atom. The van der Waals surface area contributed by atoms with E-state index < -0.39 is 15.9 Å². The van der Waals surface area contributed by atoms with Crippen molar-refractivity contribution in [3.8, 4) is 11.5 Å². The molecule has 2 aromatic rings. The highest BCUT2D eigenvalue weighted by Gasteiger charge is 2.28. The minimum absolute atomic E-state index is 0.0631. The maximum Gasteiger partial charge on any atom is 0.259 e. The lowest BCUT2D eigenvalue weighted by Crippen LogP contribution is -2.28. The fraction of sp³-hybridized carbons (Fsp3) is 0.316. The van der Waals surface area contributed by atoms with Crippen LogP contribution < -0.4 is 14.8 Å². The molecule has 0 aliphatic carbocycles. The first-order chi connectivity index (χ1) is 13.4. The molecule has 150 valence electrons. The zero-order valence-corrected chi connectivity index (χ0v) is 17.1. The van der Waals surface area contributed by atoms with Crippen molar-refractivity contribution in [2.45, 2.75) is 17.7 Å². The summed E-state index contributed by atoms with van der Waals surface area (Å²) in [5, 5.41) is 3.05. The molecule has 3 rings (SSSR count). The molecule has 1 heterocycles. The van der Waals surface area contributed by atoms with Crippen LogP contribution in [0.3, 0.4) is 0 Å². The van der Waals surface area contributed by atoms with Gasteiger partial charge in [-0.2, -0.15) is 4.31 Å². The van der Waals surface area contributed by atoms with E-state index in [1.165, 1.54) is 36.7 Å². The summed E-state index contributed by atoms with van der Waals surface area (Å²) in [6, 6.07) is 9.10. The number of carbonyl (C=O) groups is 1. The zero-order valence-electron chi connectivity index (χ0n) is 15.6. The van der Waals surface area contributed by atoms with E-state index in [4.69, 9.17) is 21.1 Å². The van der Waals surface area contributed by atoms with Crippen LogP contribution in [0.2, 0.25) is 5.02 Å². The molecule has 0 aromatic heterocycles. The Labute approximate surface area is 169 Å².